The molecule has 0 radical (unpaired) electrons. The summed E-state index contributed by atoms with van der Waals surface area (Å²) in [5, 5.41) is 23.5. The molecule has 9 nitrogen and oxygen atoms in total. The van der Waals surface area contributed by atoms with Crippen molar-refractivity contribution in [3.63, 3.8) is 0 Å². The maximum absolute atomic E-state index is 12.6. The number of aromatic amines is 1. The highest BCUT2D eigenvalue weighted by Gasteiger charge is 2.21. The van der Waals surface area contributed by atoms with E-state index < -0.39 is 6.10 Å². The van der Waals surface area contributed by atoms with E-state index in [0.29, 0.717) is 24.8 Å². The van der Waals surface area contributed by atoms with Gasteiger partial charge in [0.1, 0.15) is 18.2 Å². The topological polar surface area (TPSA) is 115 Å². The zero-order valence-electron chi connectivity index (χ0n) is 19.7. The summed E-state index contributed by atoms with van der Waals surface area (Å²) in [6.07, 6.45) is 9.00. The third-order valence-corrected chi connectivity index (χ3v) is 6.68. The van der Waals surface area contributed by atoms with Crippen molar-refractivity contribution >= 4 is 11.7 Å². The largest absolute Gasteiger partial charge is 0.489 e. The number of benzene rings is 1. The first-order chi connectivity index (χ1) is 17.1. The van der Waals surface area contributed by atoms with Crippen molar-refractivity contribution in [3.8, 4) is 5.75 Å². The van der Waals surface area contributed by atoms with Gasteiger partial charge in [-0.2, -0.15) is 5.10 Å². The van der Waals surface area contributed by atoms with Gasteiger partial charge in [0.2, 0.25) is 0 Å². The molecule has 1 aliphatic heterocycles. The van der Waals surface area contributed by atoms with E-state index in [-0.39, 0.29) is 12.5 Å². The molecule has 2 aliphatic rings. The van der Waals surface area contributed by atoms with Crippen molar-refractivity contribution in [1.29, 1.82) is 0 Å². The minimum Gasteiger partial charge on any atom is -0.489 e. The zero-order valence-corrected chi connectivity index (χ0v) is 19.7. The van der Waals surface area contributed by atoms with E-state index in [9.17, 15) is 9.90 Å². The Morgan fingerprint density at radius 1 is 1.26 bits per heavy atom. The second-order valence-corrected chi connectivity index (χ2v) is 9.38. The quantitative estimate of drug-likeness (QED) is 0.355. The highest BCUT2D eigenvalue weighted by atomic mass is 16.5. The maximum Gasteiger partial charge on any atom is 0.251 e. The first kappa shape index (κ1) is 23.3. The number of aliphatic hydroxyl groups is 1. The van der Waals surface area contributed by atoms with Crippen molar-refractivity contribution in [2.45, 2.75) is 51.0 Å². The molecule has 0 unspecified atom stereocenters. The summed E-state index contributed by atoms with van der Waals surface area (Å²) in [4.78, 5) is 19.1. The zero-order chi connectivity index (χ0) is 24.0. The van der Waals surface area contributed by atoms with Gasteiger partial charge in [-0.15, -0.1) is 0 Å². The Labute approximate surface area is 204 Å². The number of fused-ring (bicyclic) bond motifs is 1. The van der Waals surface area contributed by atoms with Crippen LogP contribution in [0, 0.1) is 0 Å². The van der Waals surface area contributed by atoms with E-state index in [0.717, 1.165) is 49.5 Å². The minimum atomic E-state index is -0.646. The number of anilines is 1. The molecule has 1 atom stereocenters. The van der Waals surface area contributed by atoms with Crippen LogP contribution in [0.15, 0.2) is 48.9 Å². The number of carbonyl (C=O) groups is 1. The van der Waals surface area contributed by atoms with E-state index in [1.54, 1.807) is 24.5 Å². The molecule has 2 aromatic heterocycles. The lowest BCUT2D eigenvalue weighted by Gasteiger charge is -2.30. The number of rotatable bonds is 10. The molecule has 0 spiro atoms. The van der Waals surface area contributed by atoms with Crippen molar-refractivity contribution in [2.24, 2.45) is 0 Å². The number of carbonyl (C=O) groups excluding carboxylic acids is 1. The highest BCUT2D eigenvalue weighted by Crippen LogP contribution is 2.25. The lowest BCUT2D eigenvalue weighted by Crippen LogP contribution is -2.42. The smallest absolute Gasteiger partial charge is 0.251 e. The maximum atomic E-state index is 12.6. The van der Waals surface area contributed by atoms with Crippen LogP contribution >= 0.6 is 0 Å². The van der Waals surface area contributed by atoms with E-state index in [2.05, 4.69) is 42.8 Å². The van der Waals surface area contributed by atoms with Crippen LogP contribution in [0.2, 0.25) is 0 Å². The van der Waals surface area contributed by atoms with Gasteiger partial charge in [-0.05, 0) is 61.1 Å². The summed E-state index contributed by atoms with van der Waals surface area (Å²) >= 11 is 0. The van der Waals surface area contributed by atoms with Gasteiger partial charge in [0.05, 0.1) is 12.3 Å². The number of nitrogens with zero attached hydrogens (tertiary/aromatic N) is 3. The van der Waals surface area contributed by atoms with Gasteiger partial charge in [0.15, 0.2) is 0 Å². The molecule has 1 fully saturated rings. The summed E-state index contributed by atoms with van der Waals surface area (Å²) in [6, 6.07) is 10.1. The first-order valence-corrected chi connectivity index (χ1v) is 12.3. The molecule has 1 aliphatic carbocycles. The Bertz CT molecular complexity index is 1130. The molecule has 3 aromatic rings. The number of hydrogen-bond acceptors (Lipinski definition) is 7. The van der Waals surface area contributed by atoms with Crippen LogP contribution < -0.4 is 15.4 Å². The number of aromatic nitrogens is 3. The molecule has 1 aromatic carbocycles. The van der Waals surface area contributed by atoms with Gasteiger partial charge in [0, 0.05) is 55.7 Å². The number of amides is 1. The number of β-amino-alcohol motifs (C(OH)–C–C–N with tert-alkyl or cyclic N) is 1. The second kappa shape index (κ2) is 10.9. The van der Waals surface area contributed by atoms with Crippen LogP contribution in [0.3, 0.4) is 0 Å². The number of hydrogen-bond donors (Lipinski definition) is 4. The molecule has 3 heterocycles. The molecular formula is C26H32N6O3. The average molecular weight is 477 g/mol. The molecule has 1 saturated carbocycles. The van der Waals surface area contributed by atoms with Crippen molar-refractivity contribution in [2.75, 3.05) is 25.0 Å². The number of H-pyrrole nitrogens is 1. The van der Waals surface area contributed by atoms with Crippen LogP contribution in [-0.2, 0) is 19.6 Å². The third kappa shape index (κ3) is 6.17. The van der Waals surface area contributed by atoms with Crippen LogP contribution in [0.25, 0.3) is 0 Å². The molecule has 4 N–H and O–H groups in total. The fourth-order valence-corrected chi connectivity index (χ4v) is 4.44. The monoisotopic (exact) mass is 476 g/mol. The summed E-state index contributed by atoms with van der Waals surface area (Å²) < 4.78 is 5.87. The van der Waals surface area contributed by atoms with Gasteiger partial charge < -0.3 is 20.5 Å². The number of ether oxygens (including phenoxy) is 1. The normalized spacial score (nSPS) is 16.7. The Morgan fingerprint density at radius 2 is 2.17 bits per heavy atom. The number of aliphatic hydroxyl groups excluding tert-OH is 1. The van der Waals surface area contributed by atoms with E-state index in [4.69, 9.17) is 4.74 Å². The molecule has 0 saturated heterocycles. The fourth-order valence-electron chi connectivity index (χ4n) is 4.44. The van der Waals surface area contributed by atoms with Crippen molar-refractivity contribution < 1.29 is 14.6 Å². The van der Waals surface area contributed by atoms with Crippen LogP contribution in [0.4, 0.5) is 5.82 Å². The van der Waals surface area contributed by atoms with Gasteiger partial charge >= 0.3 is 0 Å². The molecule has 35 heavy (non-hydrogen) atoms. The predicted octanol–water partition coefficient (Wildman–Crippen LogP) is 2.50. The average Bonchev–Trinajstić information content (AvgIpc) is 3.37. The highest BCUT2D eigenvalue weighted by molar-refractivity contribution is 5.94. The Balaban J connectivity index is 1.07. The Kier molecular flexibility index (Phi) is 7.25. The molecule has 1 amide bonds. The standard InChI is InChI=1S/C26H32N6O3/c33-23(14-28-26(34)20-6-8-27-25(11-20)31-22-2-1-3-22)16-32-9-7-19-10-24(5-4-21(19)15-32)35-17-18-12-29-30-13-18/h4-6,8,10-13,22-23,33H,1-3,7,9,14-17H2,(H,27,31)(H,28,34)(H,29,30)/t23-/m0/s1. The van der Waals surface area contributed by atoms with E-state index in [1.807, 2.05) is 12.3 Å². The minimum absolute atomic E-state index is 0.199. The number of nitrogens with one attached hydrogen (secondary N) is 3. The lowest BCUT2D eigenvalue weighted by molar-refractivity contribution is 0.0841. The molecule has 5 rings (SSSR count). The van der Waals surface area contributed by atoms with Gasteiger partial charge in [-0.25, -0.2) is 4.98 Å². The van der Waals surface area contributed by atoms with Gasteiger partial charge in [-0.1, -0.05) is 6.07 Å². The summed E-state index contributed by atoms with van der Waals surface area (Å²) in [5.41, 5.74) is 4.07. The van der Waals surface area contributed by atoms with Crippen LogP contribution in [-0.4, -0.2) is 62.9 Å². The summed E-state index contributed by atoms with van der Waals surface area (Å²) in [5.74, 6) is 1.38. The van der Waals surface area contributed by atoms with Gasteiger partial charge in [0.25, 0.3) is 5.91 Å². The number of pyridine rings is 1. The molecule has 0 bridgehead atoms. The summed E-state index contributed by atoms with van der Waals surface area (Å²) in [6.45, 7) is 2.81. The Morgan fingerprint density at radius 3 is 2.97 bits per heavy atom. The Hall–Kier alpha value is -3.43. The molecule has 184 valence electrons. The lowest BCUT2D eigenvalue weighted by atomic mass is 9.93. The van der Waals surface area contributed by atoms with Crippen molar-refractivity contribution in [3.05, 3.63) is 71.2 Å². The predicted molar refractivity (Wildman–Crippen MR) is 132 cm³/mol. The first-order valence-electron chi connectivity index (χ1n) is 12.3. The van der Waals surface area contributed by atoms with E-state index in [1.165, 1.54) is 17.5 Å². The van der Waals surface area contributed by atoms with Crippen LogP contribution in [0.5, 0.6) is 5.75 Å². The van der Waals surface area contributed by atoms with E-state index >= 15 is 0 Å². The van der Waals surface area contributed by atoms with Gasteiger partial charge in [-0.3, -0.25) is 14.8 Å². The molecule has 9 heteroatoms. The second-order valence-electron chi connectivity index (χ2n) is 9.38. The summed E-state index contributed by atoms with van der Waals surface area (Å²) in [7, 11) is 0. The SMILES string of the molecule is O=C(NC[C@H](O)CN1CCc2cc(OCc3cn[nH]c3)ccc2C1)c1ccnc(NC2CCC2)c1. The fraction of sp³-hybridized carbons (Fsp3) is 0.423. The third-order valence-electron chi connectivity index (χ3n) is 6.68. The molecular weight excluding hydrogens is 444 g/mol. The van der Waals surface area contributed by atoms with Crippen LogP contribution in [0.1, 0.15) is 46.3 Å². The van der Waals surface area contributed by atoms with Crippen molar-refractivity contribution in [1.82, 2.24) is 25.4 Å².